The first-order valence-corrected chi connectivity index (χ1v) is 8.94. The Labute approximate surface area is 117 Å². The number of phosphoric ester groups is 1. The molecule has 0 atom stereocenters. The quantitative estimate of drug-likeness (QED) is 0.296. The van der Waals surface area contributed by atoms with Gasteiger partial charge < -0.3 is 9.79 Å². The molecule has 0 spiro atoms. The summed E-state index contributed by atoms with van der Waals surface area (Å²) >= 11 is 0. The zero-order valence-electron chi connectivity index (χ0n) is 12.1. The average Bonchev–Trinajstić information content (AvgIpc) is 2.34. The van der Waals surface area contributed by atoms with Crippen LogP contribution in [0, 0.1) is 0 Å². The van der Waals surface area contributed by atoms with Crippen LogP contribution in [0.3, 0.4) is 0 Å². The second-order valence-electron chi connectivity index (χ2n) is 4.85. The molecule has 0 aromatic carbocycles. The maximum absolute atomic E-state index is 10.4. The predicted octanol–water partition coefficient (Wildman–Crippen LogP) is 4.57. The lowest BCUT2D eigenvalue weighted by atomic mass is 10.1. The van der Waals surface area contributed by atoms with Crippen LogP contribution in [-0.2, 0) is 9.09 Å². The first-order chi connectivity index (χ1) is 9.06. The molecule has 0 unspecified atom stereocenters. The SMILES string of the molecule is CCCC/C=C\CCCCCCCCOP(=O)(O)O. The van der Waals surface area contributed by atoms with Gasteiger partial charge in [-0.15, -0.1) is 0 Å². The Balaban J connectivity index is 3.11. The van der Waals surface area contributed by atoms with Crippen molar-refractivity contribution < 1.29 is 18.9 Å². The van der Waals surface area contributed by atoms with Crippen molar-refractivity contribution in [3.8, 4) is 0 Å². The normalized spacial score (nSPS) is 12.4. The van der Waals surface area contributed by atoms with Crippen molar-refractivity contribution in [1.29, 1.82) is 0 Å². The molecule has 0 aliphatic carbocycles. The maximum Gasteiger partial charge on any atom is 0.469 e. The first kappa shape index (κ1) is 18.9. The Bertz CT molecular complexity index is 260. The summed E-state index contributed by atoms with van der Waals surface area (Å²) in [5.74, 6) is 0. The fourth-order valence-corrected chi connectivity index (χ4v) is 2.18. The van der Waals surface area contributed by atoms with Crippen molar-refractivity contribution in [2.75, 3.05) is 6.61 Å². The molecule has 0 aromatic heterocycles. The summed E-state index contributed by atoms with van der Waals surface area (Å²) in [6, 6.07) is 0. The molecule has 19 heavy (non-hydrogen) atoms. The van der Waals surface area contributed by atoms with Gasteiger partial charge in [0, 0.05) is 0 Å². The van der Waals surface area contributed by atoms with E-state index in [1.807, 2.05) is 0 Å². The Kier molecular flexibility index (Phi) is 12.8. The van der Waals surface area contributed by atoms with Gasteiger partial charge in [-0.05, 0) is 25.7 Å². The molecule has 114 valence electrons. The minimum Gasteiger partial charge on any atom is -0.303 e. The number of phosphoric acid groups is 1. The Morgan fingerprint density at radius 1 is 0.895 bits per heavy atom. The van der Waals surface area contributed by atoms with E-state index < -0.39 is 7.82 Å². The molecule has 5 heteroatoms. The lowest BCUT2D eigenvalue weighted by molar-refractivity contribution is 0.193. The van der Waals surface area contributed by atoms with Gasteiger partial charge in [-0.3, -0.25) is 4.52 Å². The van der Waals surface area contributed by atoms with Crippen LogP contribution < -0.4 is 0 Å². The number of rotatable bonds is 13. The van der Waals surface area contributed by atoms with E-state index in [1.54, 1.807) is 0 Å². The number of unbranched alkanes of at least 4 members (excludes halogenated alkanes) is 8. The van der Waals surface area contributed by atoms with Crippen LogP contribution in [-0.4, -0.2) is 16.4 Å². The van der Waals surface area contributed by atoms with Crippen LogP contribution in [0.4, 0.5) is 0 Å². The molecule has 0 aromatic rings. The Morgan fingerprint density at radius 2 is 1.42 bits per heavy atom. The van der Waals surface area contributed by atoms with E-state index in [-0.39, 0.29) is 6.61 Å². The van der Waals surface area contributed by atoms with Gasteiger partial charge in [-0.1, -0.05) is 57.6 Å². The van der Waals surface area contributed by atoms with Gasteiger partial charge in [0.25, 0.3) is 0 Å². The highest BCUT2D eigenvalue weighted by atomic mass is 31.2. The highest BCUT2D eigenvalue weighted by Crippen LogP contribution is 2.35. The molecule has 0 aliphatic heterocycles. The molecule has 4 nitrogen and oxygen atoms in total. The van der Waals surface area contributed by atoms with E-state index in [4.69, 9.17) is 9.79 Å². The van der Waals surface area contributed by atoms with Gasteiger partial charge >= 0.3 is 7.82 Å². The van der Waals surface area contributed by atoms with E-state index in [0.717, 1.165) is 19.3 Å². The number of hydrogen-bond acceptors (Lipinski definition) is 2. The third-order valence-corrected chi connectivity index (χ3v) is 3.43. The first-order valence-electron chi connectivity index (χ1n) is 7.41. The third-order valence-electron chi connectivity index (χ3n) is 2.92. The van der Waals surface area contributed by atoms with E-state index in [2.05, 4.69) is 23.6 Å². The molecule has 0 aliphatic rings. The largest absolute Gasteiger partial charge is 0.469 e. The summed E-state index contributed by atoms with van der Waals surface area (Å²) in [7, 11) is -4.26. The lowest BCUT2D eigenvalue weighted by Gasteiger charge is -2.04. The van der Waals surface area contributed by atoms with Crippen molar-refractivity contribution in [2.24, 2.45) is 0 Å². The topological polar surface area (TPSA) is 66.8 Å². The van der Waals surface area contributed by atoms with Crippen LogP contribution >= 0.6 is 7.82 Å². The summed E-state index contributed by atoms with van der Waals surface area (Å²) in [5, 5.41) is 0. The van der Waals surface area contributed by atoms with Crippen LogP contribution in [0.15, 0.2) is 12.2 Å². The summed E-state index contributed by atoms with van der Waals surface area (Å²) < 4.78 is 14.8. The molecule has 0 saturated heterocycles. The lowest BCUT2D eigenvalue weighted by Crippen LogP contribution is -1.92. The molecular weight excluding hydrogens is 263 g/mol. The Hall–Kier alpha value is -0.150. The van der Waals surface area contributed by atoms with E-state index >= 15 is 0 Å². The summed E-state index contributed by atoms with van der Waals surface area (Å²) in [6.45, 7) is 2.36. The maximum atomic E-state index is 10.4. The van der Waals surface area contributed by atoms with Crippen molar-refractivity contribution >= 4 is 7.82 Å². The summed E-state index contributed by atoms with van der Waals surface area (Å²) in [6.07, 6.45) is 16.0. The van der Waals surface area contributed by atoms with Gasteiger partial charge in [-0.25, -0.2) is 4.57 Å². The van der Waals surface area contributed by atoms with Crippen LogP contribution in [0.2, 0.25) is 0 Å². The van der Waals surface area contributed by atoms with E-state index in [1.165, 1.54) is 44.9 Å². The fraction of sp³-hybridized carbons (Fsp3) is 0.857. The van der Waals surface area contributed by atoms with Crippen LogP contribution in [0.5, 0.6) is 0 Å². The smallest absolute Gasteiger partial charge is 0.303 e. The number of allylic oxidation sites excluding steroid dienone is 2. The van der Waals surface area contributed by atoms with Crippen LogP contribution in [0.1, 0.15) is 71.1 Å². The molecule has 0 amide bonds. The molecule has 0 bridgehead atoms. The van der Waals surface area contributed by atoms with Gasteiger partial charge in [0.05, 0.1) is 6.61 Å². The Morgan fingerprint density at radius 3 is 2.00 bits per heavy atom. The molecule has 0 fully saturated rings. The summed E-state index contributed by atoms with van der Waals surface area (Å²) in [5.41, 5.74) is 0. The molecule has 0 radical (unpaired) electrons. The van der Waals surface area contributed by atoms with Crippen molar-refractivity contribution in [3.63, 3.8) is 0 Å². The zero-order chi connectivity index (χ0) is 14.4. The van der Waals surface area contributed by atoms with Gasteiger partial charge in [0.2, 0.25) is 0 Å². The third kappa shape index (κ3) is 17.9. The standard InChI is InChI=1S/C14H29O4P/c1-2-3-4-5-6-7-8-9-10-11-12-13-14-18-19(15,16)17/h5-6H,2-4,7-14H2,1H3,(H2,15,16,17)/b6-5-. The fourth-order valence-electron chi connectivity index (χ4n) is 1.81. The second kappa shape index (κ2) is 12.9. The minimum absolute atomic E-state index is 0.157. The van der Waals surface area contributed by atoms with Crippen molar-refractivity contribution in [3.05, 3.63) is 12.2 Å². The predicted molar refractivity (Wildman–Crippen MR) is 79.0 cm³/mol. The highest BCUT2D eigenvalue weighted by molar-refractivity contribution is 7.46. The van der Waals surface area contributed by atoms with Gasteiger partial charge in [0.15, 0.2) is 0 Å². The second-order valence-corrected chi connectivity index (χ2v) is 6.09. The molecule has 0 rings (SSSR count). The average molecular weight is 292 g/mol. The van der Waals surface area contributed by atoms with E-state index in [0.29, 0.717) is 0 Å². The monoisotopic (exact) mass is 292 g/mol. The summed E-state index contributed by atoms with van der Waals surface area (Å²) in [4.78, 5) is 17.0. The number of hydrogen-bond donors (Lipinski definition) is 2. The molecule has 2 N–H and O–H groups in total. The van der Waals surface area contributed by atoms with E-state index in [9.17, 15) is 4.57 Å². The molecule has 0 saturated carbocycles. The van der Waals surface area contributed by atoms with Gasteiger partial charge in [0.1, 0.15) is 0 Å². The highest BCUT2D eigenvalue weighted by Gasteiger charge is 2.12. The van der Waals surface area contributed by atoms with Crippen molar-refractivity contribution in [2.45, 2.75) is 71.1 Å². The minimum atomic E-state index is -4.26. The van der Waals surface area contributed by atoms with Crippen LogP contribution in [0.25, 0.3) is 0 Å². The van der Waals surface area contributed by atoms with Gasteiger partial charge in [-0.2, -0.15) is 0 Å². The zero-order valence-corrected chi connectivity index (χ0v) is 13.0. The molecule has 0 heterocycles. The molecular formula is C14H29O4P. The van der Waals surface area contributed by atoms with Crippen molar-refractivity contribution in [1.82, 2.24) is 0 Å².